The van der Waals surface area contributed by atoms with Gasteiger partial charge in [-0.05, 0) is 36.7 Å². The maximum atomic E-state index is 14.1. The second-order valence-corrected chi connectivity index (χ2v) is 6.63. The van der Waals surface area contributed by atoms with Crippen LogP contribution in [0.4, 0.5) is 10.2 Å². The minimum atomic E-state index is -0.575. The second kappa shape index (κ2) is 6.62. The van der Waals surface area contributed by atoms with E-state index < -0.39 is 5.82 Å². The van der Waals surface area contributed by atoms with Gasteiger partial charge in [-0.3, -0.25) is 4.68 Å². The summed E-state index contributed by atoms with van der Waals surface area (Å²) in [5.41, 5.74) is 4.43. The van der Waals surface area contributed by atoms with Crippen molar-refractivity contribution in [2.75, 3.05) is 5.32 Å². The predicted octanol–water partition coefficient (Wildman–Crippen LogP) is 3.73. The number of rotatable bonds is 4. The maximum Gasteiger partial charge on any atom is 0.224 e. The number of hydrogen-bond donors (Lipinski definition) is 1. The van der Waals surface area contributed by atoms with Crippen LogP contribution in [-0.4, -0.2) is 29.3 Å². The molecule has 0 saturated carbocycles. The summed E-state index contributed by atoms with van der Waals surface area (Å²) in [4.78, 5) is 12.4. The summed E-state index contributed by atoms with van der Waals surface area (Å²) in [6, 6.07) is 5.60. The molecule has 138 valence electrons. The quantitative estimate of drug-likeness (QED) is 0.542. The fourth-order valence-corrected chi connectivity index (χ4v) is 3.23. The van der Waals surface area contributed by atoms with Gasteiger partial charge in [0.1, 0.15) is 0 Å². The molecule has 0 saturated heterocycles. The third kappa shape index (κ3) is 3.12. The van der Waals surface area contributed by atoms with Crippen molar-refractivity contribution < 1.29 is 4.39 Å². The number of pyridine rings is 1. The largest absolute Gasteiger partial charge is 0.359 e. The number of aryl methyl sites for hydroxylation is 2. The van der Waals surface area contributed by atoms with E-state index in [-0.39, 0.29) is 17.1 Å². The zero-order valence-corrected chi connectivity index (χ0v) is 15.7. The van der Waals surface area contributed by atoms with Gasteiger partial charge < -0.3 is 9.88 Å². The lowest BCUT2D eigenvalue weighted by Crippen LogP contribution is -2.13. The Bertz CT molecular complexity index is 1130. The summed E-state index contributed by atoms with van der Waals surface area (Å²) in [6.45, 7) is 1.90. The molecule has 4 rings (SSSR count). The van der Waals surface area contributed by atoms with Crippen LogP contribution in [0, 0.1) is 5.82 Å². The van der Waals surface area contributed by atoms with Gasteiger partial charge in [0.05, 0.1) is 34.7 Å². The van der Waals surface area contributed by atoms with Gasteiger partial charge >= 0.3 is 0 Å². The monoisotopic (exact) mass is 385 g/mol. The van der Waals surface area contributed by atoms with Crippen molar-refractivity contribution in [3.05, 3.63) is 53.6 Å². The Hall–Kier alpha value is -3.00. The van der Waals surface area contributed by atoms with Gasteiger partial charge in [-0.2, -0.15) is 10.1 Å². The number of nitrogens with zero attached hydrogens (tertiary/aromatic N) is 6. The van der Waals surface area contributed by atoms with E-state index in [1.807, 2.05) is 43.9 Å². The highest BCUT2D eigenvalue weighted by Crippen LogP contribution is 2.32. The molecule has 0 aliphatic rings. The first-order valence-electron chi connectivity index (χ1n) is 8.33. The summed E-state index contributed by atoms with van der Waals surface area (Å²) < 4.78 is 17.8. The minimum Gasteiger partial charge on any atom is -0.359 e. The molecule has 0 aliphatic heterocycles. The first-order valence-corrected chi connectivity index (χ1v) is 8.70. The standard InChI is InChI=1S/C18H17ClFN7/c1-10(23-17-12(20)9-21-18(19)25-17)16-11(14-4-6-22-27(14)3)8-15-13(24-16)5-7-26(15)2/h4-10H,1-3H3,(H,21,23,25)/t10-/m0/s1. The normalized spacial score (nSPS) is 12.5. The van der Waals surface area contributed by atoms with Crippen LogP contribution in [0.5, 0.6) is 0 Å². The van der Waals surface area contributed by atoms with Crippen molar-refractivity contribution in [2.45, 2.75) is 13.0 Å². The molecule has 9 heteroatoms. The Morgan fingerprint density at radius 2 is 2.04 bits per heavy atom. The highest BCUT2D eigenvalue weighted by atomic mass is 35.5. The molecule has 4 aromatic rings. The fraction of sp³-hybridized carbons (Fsp3) is 0.222. The molecule has 27 heavy (non-hydrogen) atoms. The summed E-state index contributed by atoms with van der Waals surface area (Å²) in [6.07, 6.45) is 4.73. The molecule has 0 bridgehead atoms. The first-order chi connectivity index (χ1) is 12.9. The van der Waals surface area contributed by atoms with E-state index in [0.717, 1.165) is 34.2 Å². The fourth-order valence-electron chi connectivity index (χ4n) is 3.09. The Balaban J connectivity index is 1.84. The van der Waals surface area contributed by atoms with Crippen LogP contribution in [0.25, 0.3) is 22.3 Å². The van der Waals surface area contributed by atoms with Gasteiger partial charge in [0, 0.05) is 32.1 Å². The Morgan fingerprint density at radius 1 is 1.22 bits per heavy atom. The van der Waals surface area contributed by atoms with E-state index in [1.165, 1.54) is 0 Å². The summed E-state index contributed by atoms with van der Waals surface area (Å²) in [5.74, 6) is -0.539. The molecule has 0 unspecified atom stereocenters. The second-order valence-electron chi connectivity index (χ2n) is 6.29. The lowest BCUT2D eigenvalue weighted by atomic mass is 10.0. The van der Waals surface area contributed by atoms with Crippen LogP contribution in [0.3, 0.4) is 0 Å². The molecule has 0 fully saturated rings. The molecule has 4 aromatic heterocycles. The van der Waals surface area contributed by atoms with Crippen LogP contribution >= 0.6 is 11.6 Å². The van der Waals surface area contributed by atoms with Crippen LogP contribution in [0.15, 0.2) is 36.8 Å². The van der Waals surface area contributed by atoms with Crippen LogP contribution < -0.4 is 5.32 Å². The van der Waals surface area contributed by atoms with Gasteiger partial charge in [-0.1, -0.05) is 0 Å². The molecule has 4 heterocycles. The molecule has 7 nitrogen and oxygen atoms in total. The lowest BCUT2D eigenvalue weighted by molar-refractivity contribution is 0.613. The number of nitrogens with one attached hydrogen (secondary N) is 1. The van der Waals surface area contributed by atoms with Gasteiger partial charge in [0.25, 0.3) is 0 Å². The van der Waals surface area contributed by atoms with E-state index in [2.05, 4.69) is 26.4 Å². The van der Waals surface area contributed by atoms with E-state index in [1.54, 1.807) is 10.9 Å². The van der Waals surface area contributed by atoms with E-state index in [0.29, 0.717) is 0 Å². The average molecular weight is 386 g/mol. The van der Waals surface area contributed by atoms with E-state index in [4.69, 9.17) is 16.6 Å². The smallest absolute Gasteiger partial charge is 0.224 e. The van der Waals surface area contributed by atoms with Gasteiger partial charge in [-0.25, -0.2) is 14.4 Å². The van der Waals surface area contributed by atoms with Crippen LogP contribution in [0.1, 0.15) is 18.7 Å². The predicted molar refractivity (Wildman–Crippen MR) is 102 cm³/mol. The molecule has 0 radical (unpaired) electrons. The molecule has 1 atom stereocenters. The van der Waals surface area contributed by atoms with Crippen molar-refractivity contribution in [2.24, 2.45) is 14.1 Å². The molecule has 1 N–H and O–H groups in total. The Morgan fingerprint density at radius 3 is 2.78 bits per heavy atom. The third-order valence-electron chi connectivity index (χ3n) is 4.47. The highest BCUT2D eigenvalue weighted by molar-refractivity contribution is 6.28. The Labute approximate surface area is 159 Å². The number of hydrogen-bond acceptors (Lipinski definition) is 5. The van der Waals surface area contributed by atoms with Gasteiger partial charge in [0.15, 0.2) is 11.6 Å². The van der Waals surface area contributed by atoms with E-state index in [9.17, 15) is 4.39 Å². The number of aromatic nitrogens is 6. The molecule has 0 spiro atoms. The lowest BCUT2D eigenvalue weighted by Gasteiger charge is -2.18. The van der Waals surface area contributed by atoms with Crippen LogP contribution in [0.2, 0.25) is 5.28 Å². The van der Waals surface area contributed by atoms with Crippen molar-refractivity contribution in [3.8, 4) is 11.3 Å². The first kappa shape index (κ1) is 17.4. The average Bonchev–Trinajstić information content (AvgIpc) is 3.23. The maximum absolute atomic E-state index is 14.1. The number of halogens is 2. The summed E-state index contributed by atoms with van der Waals surface area (Å²) in [5, 5.41) is 7.28. The summed E-state index contributed by atoms with van der Waals surface area (Å²) >= 11 is 5.80. The zero-order chi connectivity index (χ0) is 19.1. The highest BCUT2D eigenvalue weighted by Gasteiger charge is 2.20. The molecule has 0 aliphatic carbocycles. The van der Waals surface area contributed by atoms with Gasteiger partial charge in [-0.15, -0.1) is 0 Å². The third-order valence-corrected chi connectivity index (χ3v) is 4.65. The number of anilines is 1. The van der Waals surface area contributed by atoms with Crippen molar-refractivity contribution in [1.29, 1.82) is 0 Å². The number of fused-ring (bicyclic) bond motifs is 1. The Kier molecular flexibility index (Phi) is 4.27. The molecular formula is C18H17ClFN7. The SMILES string of the molecule is C[C@H](Nc1nc(Cl)ncc1F)c1nc2ccn(C)c2cc1-c1ccnn1C. The molecule has 0 aromatic carbocycles. The van der Waals surface area contributed by atoms with Gasteiger partial charge in [0.2, 0.25) is 5.28 Å². The summed E-state index contributed by atoms with van der Waals surface area (Å²) in [7, 11) is 3.84. The van der Waals surface area contributed by atoms with E-state index >= 15 is 0 Å². The van der Waals surface area contributed by atoms with Crippen molar-refractivity contribution in [1.82, 2.24) is 29.3 Å². The van der Waals surface area contributed by atoms with Crippen LogP contribution in [-0.2, 0) is 14.1 Å². The minimum absolute atomic E-state index is 0.0237. The molecule has 0 amide bonds. The zero-order valence-electron chi connectivity index (χ0n) is 15.0. The molecular weight excluding hydrogens is 369 g/mol. The topological polar surface area (TPSA) is 73.5 Å². The van der Waals surface area contributed by atoms with Crippen molar-refractivity contribution >= 4 is 28.5 Å². The van der Waals surface area contributed by atoms with Crippen molar-refractivity contribution in [3.63, 3.8) is 0 Å².